The van der Waals surface area contributed by atoms with Gasteiger partial charge in [0.25, 0.3) is 0 Å². The molecule has 2 unspecified atom stereocenters. The quantitative estimate of drug-likeness (QED) is 0.762. The van der Waals surface area contributed by atoms with Gasteiger partial charge in [-0.3, -0.25) is 9.00 Å². The van der Waals surface area contributed by atoms with Crippen LogP contribution in [0.5, 0.6) is 0 Å². The lowest BCUT2D eigenvalue weighted by Crippen LogP contribution is -2.36. The van der Waals surface area contributed by atoms with Crippen LogP contribution in [-0.2, 0) is 20.3 Å². The molecule has 0 radical (unpaired) electrons. The Balaban J connectivity index is 3.72. The molecule has 0 aliphatic carbocycles. The number of ether oxygens (including phenoxy) is 1. The Morgan fingerprint density at radius 2 is 2.00 bits per heavy atom. The first kappa shape index (κ1) is 14.6. The minimum Gasteiger partial charge on any atom is -0.366 e. The standard InChI is InChI=1S/C10H21NO3S/c1-8(15(5)13)6-11-9(12)7-14-10(2,3)4/h8H,6-7H2,1-5H3,(H,11,12). The fourth-order valence-corrected chi connectivity index (χ4v) is 1.03. The van der Waals surface area contributed by atoms with E-state index < -0.39 is 10.8 Å². The van der Waals surface area contributed by atoms with Gasteiger partial charge in [0.05, 0.1) is 5.60 Å². The maximum absolute atomic E-state index is 11.3. The number of rotatable bonds is 5. The van der Waals surface area contributed by atoms with E-state index in [1.165, 1.54) is 0 Å². The molecule has 0 saturated heterocycles. The van der Waals surface area contributed by atoms with Crippen LogP contribution in [0.1, 0.15) is 27.7 Å². The molecule has 1 amide bonds. The van der Waals surface area contributed by atoms with Gasteiger partial charge in [-0.05, 0) is 27.7 Å². The van der Waals surface area contributed by atoms with E-state index in [4.69, 9.17) is 4.74 Å². The highest BCUT2D eigenvalue weighted by Crippen LogP contribution is 2.05. The second kappa shape index (κ2) is 6.23. The predicted octanol–water partition coefficient (Wildman–Crippen LogP) is 0.685. The smallest absolute Gasteiger partial charge is 0.246 e. The summed E-state index contributed by atoms with van der Waals surface area (Å²) in [6, 6.07) is 0. The average molecular weight is 235 g/mol. The van der Waals surface area contributed by atoms with Gasteiger partial charge in [-0.1, -0.05) is 0 Å². The Morgan fingerprint density at radius 1 is 1.47 bits per heavy atom. The van der Waals surface area contributed by atoms with Crippen LogP contribution in [0.2, 0.25) is 0 Å². The zero-order valence-electron chi connectivity index (χ0n) is 10.1. The molecule has 0 saturated carbocycles. The largest absolute Gasteiger partial charge is 0.366 e. The molecule has 0 aromatic heterocycles. The Bertz CT molecular complexity index is 235. The number of hydrogen-bond acceptors (Lipinski definition) is 3. The van der Waals surface area contributed by atoms with Crippen molar-refractivity contribution in [1.82, 2.24) is 5.32 Å². The lowest BCUT2D eigenvalue weighted by molar-refractivity contribution is -0.130. The third kappa shape index (κ3) is 8.57. The highest BCUT2D eigenvalue weighted by Gasteiger charge is 2.13. The van der Waals surface area contributed by atoms with Gasteiger partial charge in [0, 0.05) is 28.9 Å². The third-order valence-electron chi connectivity index (χ3n) is 1.79. The second-order valence-corrected chi connectivity index (χ2v) is 6.32. The minimum atomic E-state index is -0.903. The molecule has 0 bridgehead atoms. The van der Waals surface area contributed by atoms with Gasteiger partial charge in [-0.2, -0.15) is 0 Å². The monoisotopic (exact) mass is 235 g/mol. The maximum atomic E-state index is 11.3. The highest BCUT2D eigenvalue weighted by molar-refractivity contribution is 7.84. The van der Waals surface area contributed by atoms with Crippen molar-refractivity contribution in [2.45, 2.75) is 38.5 Å². The van der Waals surface area contributed by atoms with Gasteiger partial charge in [0.15, 0.2) is 0 Å². The number of carbonyl (C=O) groups excluding carboxylic acids is 1. The van der Waals surface area contributed by atoms with Gasteiger partial charge in [0.1, 0.15) is 6.61 Å². The van der Waals surface area contributed by atoms with Crippen LogP contribution in [0.15, 0.2) is 0 Å². The first-order valence-corrected chi connectivity index (χ1v) is 6.57. The molecule has 15 heavy (non-hydrogen) atoms. The van der Waals surface area contributed by atoms with Gasteiger partial charge in [-0.25, -0.2) is 0 Å². The number of nitrogens with one attached hydrogen (secondary N) is 1. The van der Waals surface area contributed by atoms with E-state index in [9.17, 15) is 9.00 Å². The van der Waals surface area contributed by atoms with E-state index in [1.807, 2.05) is 27.7 Å². The SMILES string of the molecule is CC(CNC(=O)COC(C)(C)C)S(C)=O. The zero-order valence-corrected chi connectivity index (χ0v) is 10.9. The number of hydrogen-bond donors (Lipinski definition) is 1. The normalized spacial score (nSPS) is 15.8. The molecule has 5 heteroatoms. The molecule has 0 spiro atoms. The molecule has 0 fully saturated rings. The molecule has 2 atom stereocenters. The highest BCUT2D eigenvalue weighted by atomic mass is 32.2. The van der Waals surface area contributed by atoms with Crippen LogP contribution in [0, 0.1) is 0 Å². The van der Waals surface area contributed by atoms with Crippen LogP contribution >= 0.6 is 0 Å². The maximum Gasteiger partial charge on any atom is 0.246 e. The second-order valence-electron chi connectivity index (χ2n) is 4.51. The van der Waals surface area contributed by atoms with Crippen molar-refractivity contribution in [1.29, 1.82) is 0 Å². The Labute approximate surface area is 94.2 Å². The van der Waals surface area contributed by atoms with Crippen molar-refractivity contribution in [2.75, 3.05) is 19.4 Å². The number of carbonyl (C=O) groups is 1. The van der Waals surface area contributed by atoms with Crippen molar-refractivity contribution >= 4 is 16.7 Å². The number of amides is 1. The Hall–Kier alpha value is -0.420. The molecule has 90 valence electrons. The van der Waals surface area contributed by atoms with E-state index >= 15 is 0 Å². The van der Waals surface area contributed by atoms with Crippen molar-refractivity contribution in [3.63, 3.8) is 0 Å². The first-order chi connectivity index (χ1) is 6.72. The van der Waals surface area contributed by atoms with Crippen molar-refractivity contribution in [3.8, 4) is 0 Å². The first-order valence-electron chi connectivity index (χ1n) is 4.95. The summed E-state index contributed by atoms with van der Waals surface area (Å²) in [5, 5.41) is 2.65. The lowest BCUT2D eigenvalue weighted by Gasteiger charge is -2.19. The fourth-order valence-electron chi connectivity index (χ4n) is 0.708. The summed E-state index contributed by atoms with van der Waals surface area (Å²) in [5.74, 6) is -0.165. The van der Waals surface area contributed by atoms with E-state index in [0.717, 1.165) is 0 Å². The lowest BCUT2D eigenvalue weighted by atomic mass is 10.2. The van der Waals surface area contributed by atoms with Gasteiger partial charge in [0.2, 0.25) is 5.91 Å². The van der Waals surface area contributed by atoms with Crippen LogP contribution in [0.25, 0.3) is 0 Å². The topological polar surface area (TPSA) is 55.4 Å². The van der Waals surface area contributed by atoms with Crippen molar-refractivity contribution < 1.29 is 13.7 Å². The third-order valence-corrected chi connectivity index (χ3v) is 3.09. The van der Waals surface area contributed by atoms with E-state index in [-0.39, 0.29) is 23.4 Å². The average Bonchev–Trinajstić information content (AvgIpc) is 2.09. The fraction of sp³-hybridized carbons (Fsp3) is 0.900. The minimum absolute atomic E-state index is 0.0245. The molecule has 0 rings (SSSR count). The van der Waals surface area contributed by atoms with Gasteiger partial charge >= 0.3 is 0 Å². The molecule has 0 heterocycles. The molecular weight excluding hydrogens is 214 g/mol. The van der Waals surface area contributed by atoms with Crippen LogP contribution in [-0.4, -0.2) is 40.4 Å². The predicted molar refractivity (Wildman–Crippen MR) is 62.2 cm³/mol. The van der Waals surface area contributed by atoms with Crippen molar-refractivity contribution in [2.24, 2.45) is 0 Å². The summed E-state index contributed by atoms with van der Waals surface area (Å²) in [6.07, 6.45) is 1.63. The van der Waals surface area contributed by atoms with E-state index in [0.29, 0.717) is 6.54 Å². The zero-order chi connectivity index (χ0) is 12.1. The summed E-state index contributed by atoms with van der Waals surface area (Å²) in [7, 11) is -0.903. The molecule has 0 aliphatic rings. The van der Waals surface area contributed by atoms with Crippen LogP contribution in [0.3, 0.4) is 0 Å². The van der Waals surface area contributed by atoms with E-state index in [1.54, 1.807) is 6.26 Å². The Morgan fingerprint density at radius 3 is 2.40 bits per heavy atom. The molecule has 0 aromatic carbocycles. The summed E-state index contributed by atoms with van der Waals surface area (Å²) >= 11 is 0. The molecule has 0 aliphatic heterocycles. The van der Waals surface area contributed by atoms with Crippen LogP contribution < -0.4 is 5.32 Å². The Kier molecular flexibility index (Phi) is 6.05. The molecule has 4 nitrogen and oxygen atoms in total. The van der Waals surface area contributed by atoms with Crippen molar-refractivity contribution in [3.05, 3.63) is 0 Å². The summed E-state index contributed by atoms with van der Waals surface area (Å²) < 4.78 is 16.3. The van der Waals surface area contributed by atoms with Gasteiger partial charge in [-0.15, -0.1) is 0 Å². The van der Waals surface area contributed by atoms with Gasteiger partial charge < -0.3 is 10.1 Å². The molecule has 0 aromatic rings. The van der Waals surface area contributed by atoms with E-state index in [2.05, 4.69) is 5.32 Å². The summed E-state index contributed by atoms with van der Waals surface area (Å²) in [4.78, 5) is 11.3. The van der Waals surface area contributed by atoms with Crippen LogP contribution in [0.4, 0.5) is 0 Å². The summed E-state index contributed by atoms with van der Waals surface area (Å²) in [6.45, 7) is 7.99. The molecular formula is C10H21NO3S. The molecule has 1 N–H and O–H groups in total. The summed E-state index contributed by atoms with van der Waals surface area (Å²) in [5.41, 5.74) is -0.309.